The van der Waals surface area contributed by atoms with E-state index in [-0.39, 0.29) is 36.6 Å². The van der Waals surface area contributed by atoms with Gasteiger partial charge in [0.2, 0.25) is 15.7 Å². The Bertz CT molecular complexity index is 1260. The number of benzene rings is 1. The van der Waals surface area contributed by atoms with Gasteiger partial charge in [0.1, 0.15) is 11.2 Å². The Balaban J connectivity index is 2.15. The topological polar surface area (TPSA) is 168 Å². The van der Waals surface area contributed by atoms with Crippen LogP contribution in [0.5, 0.6) is 5.88 Å². The Kier molecular flexibility index (Phi) is 7.29. The number of hydrogen-bond donors (Lipinski definition) is 3. The molecule has 0 atom stereocenters. The fraction of sp³-hybridized carbons (Fsp3) is 0.409. The van der Waals surface area contributed by atoms with Gasteiger partial charge in [-0.2, -0.15) is 4.98 Å². The van der Waals surface area contributed by atoms with Crippen LogP contribution < -0.4 is 15.4 Å². The number of carbonyl (C=O) groups excluding carboxylic acids is 2. The molecule has 35 heavy (non-hydrogen) atoms. The molecule has 0 aliphatic carbocycles. The van der Waals surface area contributed by atoms with E-state index >= 15 is 0 Å². The lowest BCUT2D eigenvalue weighted by Crippen LogP contribution is -2.43. The summed E-state index contributed by atoms with van der Waals surface area (Å²) in [6, 6.07) is 5.90. The maximum absolute atomic E-state index is 13.5. The highest BCUT2D eigenvalue weighted by Crippen LogP contribution is 2.35. The van der Waals surface area contributed by atoms with Crippen molar-refractivity contribution in [3.8, 4) is 17.1 Å². The fourth-order valence-corrected chi connectivity index (χ4v) is 4.01. The van der Waals surface area contributed by atoms with E-state index in [0.717, 1.165) is 6.26 Å². The summed E-state index contributed by atoms with van der Waals surface area (Å²) in [7, 11) is -3.87. The van der Waals surface area contributed by atoms with Crippen molar-refractivity contribution in [2.75, 3.05) is 31.2 Å². The molecule has 3 amide bonds. The molecule has 188 valence electrons. The van der Waals surface area contributed by atoms with Crippen molar-refractivity contribution >= 4 is 33.4 Å². The molecule has 0 fully saturated rings. The molecule has 2 aromatic rings. The van der Waals surface area contributed by atoms with Crippen LogP contribution in [-0.2, 0) is 14.6 Å². The van der Waals surface area contributed by atoms with Crippen LogP contribution in [-0.4, -0.2) is 77.8 Å². The summed E-state index contributed by atoms with van der Waals surface area (Å²) in [6.45, 7) is 5.58. The molecular weight excluding hydrogens is 478 g/mol. The Morgan fingerprint density at radius 1 is 1.20 bits per heavy atom. The quantitative estimate of drug-likeness (QED) is 0.475. The van der Waals surface area contributed by atoms with E-state index in [1.165, 1.54) is 4.90 Å². The molecule has 0 bridgehead atoms. The van der Waals surface area contributed by atoms with Crippen LogP contribution in [0.4, 0.5) is 10.5 Å². The number of aromatic nitrogens is 2. The third kappa shape index (κ3) is 6.23. The molecule has 0 saturated carbocycles. The number of sulfone groups is 1. The van der Waals surface area contributed by atoms with Gasteiger partial charge in [0.05, 0.1) is 18.7 Å². The zero-order valence-electron chi connectivity index (χ0n) is 19.8. The molecule has 1 aliphatic rings. The summed E-state index contributed by atoms with van der Waals surface area (Å²) in [4.78, 5) is 46.0. The van der Waals surface area contributed by atoms with Crippen LogP contribution in [0.2, 0.25) is 0 Å². The zero-order valence-corrected chi connectivity index (χ0v) is 20.6. The minimum atomic E-state index is -3.87. The van der Waals surface area contributed by atoms with Gasteiger partial charge in [-0.1, -0.05) is 12.1 Å². The smallest absolute Gasteiger partial charge is 0.319 e. The number of anilines is 1. The van der Waals surface area contributed by atoms with Crippen molar-refractivity contribution in [2.24, 2.45) is 0 Å². The number of amides is 3. The van der Waals surface area contributed by atoms with Crippen molar-refractivity contribution in [1.29, 1.82) is 0 Å². The van der Waals surface area contributed by atoms with E-state index in [2.05, 4.69) is 20.6 Å². The van der Waals surface area contributed by atoms with E-state index in [1.807, 2.05) is 0 Å². The SMILES string of the molecule is CCNC(=O)Nc1ccc(-c2nc(S(C)(=O)=O)nc3c2C(=O)N(CCC(=O)O)CC(C)(C)O3)cc1. The molecule has 0 unspecified atom stereocenters. The first-order chi connectivity index (χ1) is 16.3. The monoisotopic (exact) mass is 505 g/mol. The maximum atomic E-state index is 13.5. The van der Waals surface area contributed by atoms with Crippen LogP contribution in [0.15, 0.2) is 29.4 Å². The van der Waals surface area contributed by atoms with E-state index in [1.54, 1.807) is 45.0 Å². The van der Waals surface area contributed by atoms with Crippen LogP contribution in [0.25, 0.3) is 11.3 Å². The lowest BCUT2D eigenvalue weighted by Gasteiger charge is -2.28. The maximum Gasteiger partial charge on any atom is 0.319 e. The van der Waals surface area contributed by atoms with Gasteiger partial charge in [-0.3, -0.25) is 9.59 Å². The van der Waals surface area contributed by atoms with E-state index in [0.29, 0.717) is 17.8 Å². The average Bonchev–Trinajstić information content (AvgIpc) is 2.84. The van der Waals surface area contributed by atoms with Crippen molar-refractivity contribution in [2.45, 2.75) is 37.9 Å². The first-order valence-electron chi connectivity index (χ1n) is 10.8. The summed E-state index contributed by atoms with van der Waals surface area (Å²) >= 11 is 0. The minimum Gasteiger partial charge on any atom is -0.481 e. The second-order valence-electron chi connectivity index (χ2n) is 8.60. The van der Waals surface area contributed by atoms with Gasteiger partial charge in [0, 0.05) is 30.6 Å². The number of carboxylic acids is 1. The highest BCUT2D eigenvalue weighted by Gasteiger charge is 2.38. The van der Waals surface area contributed by atoms with Crippen molar-refractivity contribution in [3.05, 3.63) is 29.8 Å². The van der Waals surface area contributed by atoms with E-state index in [4.69, 9.17) is 9.84 Å². The Labute approximate surface area is 202 Å². The number of urea groups is 1. The summed E-state index contributed by atoms with van der Waals surface area (Å²) in [5.74, 6) is -1.85. The lowest BCUT2D eigenvalue weighted by molar-refractivity contribution is -0.137. The second-order valence-corrected chi connectivity index (χ2v) is 10.5. The minimum absolute atomic E-state index is 0.0167. The number of rotatable bonds is 7. The Morgan fingerprint density at radius 3 is 2.43 bits per heavy atom. The van der Waals surface area contributed by atoms with Gasteiger partial charge in [0.25, 0.3) is 11.1 Å². The van der Waals surface area contributed by atoms with Crippen LogP contribution in [0.1, 0.15) is 37.6 Å². The van der Waals surface area contributed by atoms with Crippen LogP contribution in [0, 0.1) is 0 Å². The number of hydrogen-bond acceptors (Lipinski definition) is 8. The van der Waals surface area contributed by atoms with Gasteiger partial charge < -0.3 is 25.4 Å². The third-order valence-corrected chi connectivity index (χ3v) is 5.83. The molecule has 1 aromatic heterocycles. The third-order valence-electron chi connectivity index (χ3n) is 4.98. The Morgan fingerprint density at radius 2 is 1.86 bits per heavy atom. The van der Waals surface area contributed by atoms with Crippen molar-refractivity contribution < 1.29 is 32.6 Å². The highest BCUT2D eigenvalue weighted by molar-refractivity contribution is 7.90. The largest absolute Gasteiger partial charge is 0.481 e. The second kappa shape index (κ2) is 9.86. The van der Waals surface area contributed by atoms with E-state index in [9.17, 15) is 22.8 Å². The molecule has 0 saturated heterocycles. The van der Waals surface area contributed by atoms with Gasteiger partial charge in [-0.15, -0.1) is 0 Å². The summed E-state index contributed by atoms with van der Waals surface area (Å²) in [5, 5.41) is 13.9. The molecule has 2 heterocycles. The molecule has 1 aromatic carbocycles. The summed E-state index contributed by atoms with van der Waals surface area (Å²) in [5.41, 5.74) is -0.194. The number of aliphatic carboxylic acids is 1. The molecule has 0 radical (unpaired) electrons. The molecule has 3 rings (SSSR count). The van der Waals surface area contributed by atoms with Gasteiger partial charge >= 0.3 is 12.0 Å². The van der Waals surface area contributed by atoms with Crippen LogP contribution in [0.3, 0.4) is 0 Å². The number of nitrogens with one attached hydrogen (secondary N) is 2. The zero-order chi connectivity index (χ0) is 26.0. The summed E-state index contributed by atoms with van der Waals surface area (Å²) in [6.07, 6.45) is 0.662. The Hall–Kier alpha value is -3.74. The first kappa shape index (κ1) is 25.9. The van der Waals surface area contributed by atoms with Crippen molar-refractivity contribution in [1.82, 2.24) is 20.2 Å². The molecule has 0 spiro atoms. The predicted octanol–water partition coefficient (Wildman–Crippen LogP) is 1.78. The van der Waals surface area contributed by atoms with Crippen LogP contribution >= 0.6 is 0 Å². The lowest BCUT2D eigenvalue weighted by atomic mass is 10.0. The van der Waals surface area contributed by atoms with E-state index < -0.39 is 38.5 Å². The van der Waals surface area contributed by atoms with Crippen molar-refractivity contribution in [3.63, 3.8) is 0 Å². The number of carbonyl (C=O) groups is 3. The van der Waals surface area contributed by atoms with Gasteiger partial charge in [-0.25, -0.2) is 18.2 Å². The number of nitrogens with zero attached hydrogens (tertiary/aromatic N) is 3. The summed E-state index contributed by atoms with van der Waals surface area (Å²) < 4.78 is 30.6. The normalized spacial score (nSPS) is 15.0. The van der Waals surface area contributed by atoms with Gasteiger partial charge in [-0.05, 0) is 32.9 Å². The molecule has 13 heteroatoms. The standard InChI is InChI=1S/C22H27N5O7S/c1-5-23-20(31)24-14-8-6-13(7-9-14)17-16-18(26-21(25-17)35(4,32)33)34-22(2,3)12-27(19(16)30)11-10-15(28)29/h6-9H,5,10-12H2,1-4H3,(H,28,29)(H2,23,24,31). The molecular formula is C22H27N5O7S. The fourth-order valence-electron chi connectivity index (χ4n) is 3.50. The number of fused-ring (bicyclic) bond motifs is 1. The first-order valence-corrected chi connectivity index (χ1v) is 12.7. The predicted molar refractivity (Wildman–Crippen MR) is 126 cm³/mol. The highest BCUT2D eigenvalue weighted by atomic mass is 32.2. The molecule has 1 aliphatic heterocycles. The molecule has 3 N–H and O–H groups in total. The average molecular weight is 506 g/mol. The number of ether oxygens (including phenoxy) is 1. The molecule has 12 nitrogen and oxygen atoms in total. The van der Waals surface area contributed by atoms with Gasteiger partial charge in [0.15, 0.2) is 0 Å². The number of carboxylic acid groups (broad SMARTS) is 1.